The lowest BCUT2D eigenvalue weighted by Gasteiger charge is -2.18. The Balaban J connectivity index is 2.73. The van der Waals surface area contributed by atoms with Gasteiger partial charge in [0.25, 0.3) is 0 Å². The first kappa shape index (κ1) is 13.5. The van der Waals surface area contributed by atoms with Gasteiger partial charge in [0.2, 0.25) is 0 Å². The molecule has 2 N–H and O–H groups in total. The SMILES string of the molecule is CCC(NCCOC)c1cc(Br)ccc1O. The first-order valence-electron chi connectivity index (χ1n) is 5.39. The average molecular weight is 288 g/mol. The quantitative estimate of drug-likeness (QED) is 0.791. The number of hydrogen-bond donors (Lipinski definition) is 2. The molecule has 1 aromatic rings. The predicted molar refractivity (Wildman–Crippen MR) is 68.7 cm³/mol. The molecule has 0 aliphatic carbocycles. The molecule has 0 fully saturated rings. The maximum atomic E-state index is 9.80. The lowest BCUT2D eigenvalue weighted by Crippen LogP contribution is -2.24. The second-order valence-corrected chi connectivity index (χ2v) is 4.53. The van der Waals surface area contributed by atoms with Crippen molar-refractivity contribution in [1.29, 1.82) is 0 Å². The third kappa shape index (κ3) is 3.77. The molecule has 1 unspecified atom stereocenters. The number of methoxy groups -OCH3 is 1. The molecule has 0 aromatic heterocycles. The molecule has 0 spiro atoms. The van der Waals surface area contributed by atoms with Gasteiger partial charge in [0, 0.05) is 29.7 Å². The van der Waals surface area contributed by atoms with Gasteiger partial charge in [-0.2, -0.15) is 0 Å². The molecule has 1 aromatic carbocycles. The summed E-state index contributed by atoms with van der Waals surface area (Å²) < 4.78 is 5.97. The van der Waals surface area contributed by atoms with Crippen molar-refractivity contribution in [3.05, 3.63) is 28.2 Å². The highest BCUT2D eigenvalue weighted by atomic mass is 79.9. The van der Waals surface area contributed by atoms with Crippen LogP contribution in [0.4, 0.5) is 0 Å². The Morgan fingerprint density at radius 3 is 2.88 bits per heavy atom. The van der Waals surface area contributed by atoms with Crippen molar-refractivity contribution >= 4 is 15.9 Å². The van der Waals surface area contributed by atoms with Crippen LogP contribution in [0.1, 0.15) is 24.9 Å². The van der Waals surface area contributed by atoms with Gasteiger partial charge in [0.15, 0.2) is 0 Å². The molecule has 0 amide bonds. The molecule has 16 heavy (non-hydrogen) atoms. The summed E-state index contributed by atoms with van der Waals surface area (Å²) in [6.07, 6.45) is 0.924. The number of phenolic OH excluding ortho intramolecular Hbond substituents is 1. The van der Waals surface area contributed by atoms with Gasteiger partial charge in [-0.05, 0) is 24.6 Å². The van der Waals surface area contributed by atoms with E-state index in [0.29, 0.717) is 12.4 Å². The van der Waals surface area contributed by atoms with Gasteiger partial charge in [-0.3, -0.25) is 0 Å². The highest BCUT2D eigenvalue weighted by Gasteiger charge is 2.12. The van der Waals surface area contributed by atoms with Crippen molar-refractivity contribution < 1.29 is 9.84 Å². The van der Waals surface area contributed by atoms with Crippen LogP contribution in [-0.2, 0) is 4.74 Å². The largest absolute Gasteiger partial charge is 0.508 e. The van der Waals surface area contributed by atoms with Gasteiger partial charge < -0.3 is 15.2 Å². The summed E-state index contributed by atoms with van der Waals surface area (Å²) >= 11 is 3.41. The van der Waals surface area contributed by atoms with Gasteiger partial charge >= 0.3 is 0 Å². The molecule has 0 radical (unpaired) electrons. The third-order valence-corrected chi connectivity index (χ3v) is 2.96. The molecule has 0 aliphatic rings. The molecule has 90 valence electrons. The molecular formula is C12H18BrNO2. The molecule has 0 bridgehead atoms. The number of benzene rings is 1. The maximum absolute atomic E-state index is 9.80. The van der Waals surface area contributed by atoms with Crippen LogP contribution in [0.15, 0.2) is 22.7 Å². The third-order valence-electron chi connectivity index (χ3n) is 2.47. The monoisotopic (exact) mass is 287 g/mol. The van der Waals surface area contributed by atoms with E-state index in [9.17, 15) is 5.11 Å². The standard InChI is InChI=1S/C12H18BrNO2/c1-3-11(14-6-7-16-2)10-8-9(13)4-5-12(10)15/h4-5,8,11,14-15H,3,6-7H2,1-2H3. The summed E-state index contributed by atoms with van der Waals surface area (Å²) in [5.41, 5.74) is 0.924. The van der Waals surface area contributed by atoms with E-state index in [0.717, 1.165) is 23.0 Å². The highest BCUT2D eigenvalue weighted by molar-refractivity contribution is 9.10. The molecule has 0 saturated heterocycles. The van der Waals surface area contributed by atoms with E-state index >= 15 is 0 Å². The minimum atomic E-state index is 0.160. The number of halogens is 1. The fraction of sp³-hybridized carbons (Fsp3) is 0.500. The number of ether oxygens (including phenoxy) is 1. The molecule has 4 heteroatoms. The summed E-state index contributed by atoms with van der Waals surface area (Å²) in [6.45, 7) is 3.54. The van der Waals surface area contributed by atoms with Crippen LogP contribution in [0.5, 0.6) is 5.75 Å². The molecule has 0 aliphatic heterocycles. The fourth-order valence-electron chi connectivity index (χ4n) is 1.61. The Morgan fingerprint density at radius 2 is 2.25 bits per heavy atom. The minimum absolute atomic E-state index is 0.160. The Hall–Kier alpha value is -0.580. The molecule has 1 rings (SSSR count). The Kier molecular flexibility index (Phi) is 5.80. The zero-order valence-electron chi connectivity index (χ0n) is 9.66. The van der Waals surface area contributed by atoms with Crippen molar-refractivity contribution in [3.63, 3.8) is 0 Å². The van der Waals surface area contributed by atoms with Crippen molar-refractivity contribution in [2.75, 3.05) is 20.3 Å². The second-order valence-electron chi connectivity index (χ2n) is 3.61. The summed E-state index contributed by atoms with van der Waals surface area (Å²) in [7, 11) is 1.68. The van der Waals surface area contributed by atoms with E-state index < -0.39 is 0 Å². The van der Waals surface area contributed by atoms with E-state index in [-0.39, 0.29) is 6.04 Å². The molecule has 3 nitrogen and oxygen atoms in total. The van der Waals surface area contributed by atoms with Crippen LogP contribution in [-0.4, -0.2) is 25.4 Å². The zero-order chi connectivity index (χ0) is 12.0. The van der Waals surface area contributed by atoms with E-state index in [1.807, 2.05) is 12.1 Å². The summed E-state index contributed by atoms with van der Waals surface area (Å²) in [6, 6.07) is 5.65. The minimum Gasteiger partial charge on any atom is -0.508 e. The molecule has 0 saturated carbocycles. The first-order chi connectivity index (χ1) is 7.69. The number of nitrogens with one attached hydrogen (secondary N) is 1. The van der Waals surface area contributed by atoms with Gasteiger partial charge in [-0.25, -0.2) is 0 Å². The Bertz CT molecular complexity index is 331. The Labute approximate surface area is 105 Å². The number of phenols is 1. The number of hydrogen-bond acceptors (Lipinski definition) is 3. The topological polar surface area (TPSA) is 41.5 Å². The van der Waals surface area contributed by atoms with Crippen molar-refractivity contribution in [2.45, 2.75) is 19.4 Å². The second kappa shape index (κ2) is 6.89. The molecular weight excluding hydrogens is 270 g/mol. The van der Waals surface area contributed by atoms with E-state index in [1.165, 1.54) is 0 Å². The molecule has 0 heterocycles. The van der Waals surface area contributed by atoms with Crippen LogP contribution in [0, 0.1) is 0 Å². The maximum Gasteiger partial charge on any atom is 0.120 e. The van der Waals surface area contributed by atoms with Crippen LogP contribution < -0.4 is 5.32 Å². The highest BCUT2D eigenvalue weighted by Crippen LogP contribution is 2.29. The van der Waals surface area contributed by atoms with Crippen LogP contribution >= 0.6 is 15.9 Å². The smallest absolute Gasteiger partial charge is 0.120 e. The summed E-state index contributed by atoms with van der Waals surface area (Å²) in [5, 5.41) is 13.1. The van der Waals surface area contributed by atoms with E-state index in [2.05, 4.69) is 28.2 Å². The van der Waals surface area contributed by atoms with Crippen LogP contribution in [0.2, 0.25) is 0 Å². The van der Waals surface area contributed by atoms with Crippen molar-refractivity contribution in [1.82, 2.24) is 5.32 Å². The lowest BCUT2D eigenvalue weighted by molar-refractivity contribution is 0.195. The van der Waals surface area contributed by atoms with Gasteiger partial charge in [0.05, 0.1) is 6.61 Å². The average Bonchev–Trinajstić information content (AvgIpc) is 2.28. The van der Waals surface area contributed by atoms with Crippen LogP contribution in [0.3, 0.4) is 0 Å². The number of aromatic hydroxyl groups is 1. The van der Waals surface area contributed by atoms with Gasteiger partial charge in [-0.1, -0.05) is 22.9 Å². The lowest BCUT2D eigenvalue weighted by atomic mass is 10.0. The summed E-state index contributed by atoms with van der Waals surface area (Å²) in [4.78, 5) is 0. The van der Waals surface area contributed by atoms with Gasteiger partial charge in [-0.15, -0.1) is 0 Å². The zero-order valence-corrected chi connectivity index (χ0v) is 11.3. The number of rotatable bonds is 6. The fourth-order valence-corrected chi connectivity index (χ4v) is 1.99. The molecule has 1 atom stereocenters. The Morgan fingerprint density at radius 1 is 1.50 bits per heavy atom. The summed E-state index contributed by atoms with van der Waals surface area (Å²) in [5.74, 6) is 0.333. The first-order valence-corrected chi connectivity index (χ1v) is 6.19. The van der Waals surface area contributed by atoms with E-state index in [1.54, 1.807) is 13.2 Å². The van der Waals surface area contributed by atoms with Crippen molar-refractivity contribution in [2.24, 2.45) is 0 Å². The van der Waals surface area contributed by atoms with Gasteiger partial charge in [0.1, 0.15) is 5.75 Å². The predicted octanol–water partition coefficient (Wildman–Crippen LogP) is 2.84. The van der Waals surface area contributed by atoms with Crippen molar-refractivity contribution in [3.8, 4) is 5.75 Å². The van der Waals surface area contributed by atoms with E-state index in [4.69, 9.17) is 4.74 Å². The normalized spacial score (nSPS) is 12.7. The van der Waals surface area contributed by atoms with Crippen LogP contribution in [0.25, 0.3) is 0 Å².